The molecule has 0 saturated heterocycles. The lowest BCUT2D eigenvalue weighted by Gasteiger charge is -2.30. The highest BCUT2D eigenvalue weighted by atomic mass is 32.1. The number of rotatable bonds is 14. The van der Waals surface area contributed by atoms with Crippen LogP contribution in [0.4, 0.5) is 51.2 Å². The summed E-state index contributed by atoms with van der Waals surface area (Å²) in [5.74, 6) is 0. The summed E-state index contributed by atoms with van der Waals surface area (Å²) in [5.41, 5.74) is 41.1. The van der Waals surface area contributed by atoms with Gasteiger partial charge in [-0.3, -0.25) is 0 Å². The van der Waals surface area contributed by atoms with Crippen molar-refractivity contribution in [2.45, 2.75) is 24.7 Å². The molecule has 30 rings (SSSR count). The van der Waals surface area contributed by atoms with E-state index in [1.54, 1.807) is 0 Å². The largest absolute Gasteiger partial charge is 0.456 e. The fourth-order valence-electron chi connectivity index (χ4n) is 24.4. The molecule has 1 spiro atoms. The van der Waals surface area contributed by atoms with Crippen LogP contribution in [0.3, 0.4) is 0 Å². The van der Waals surface area contributed by atoms with Crippen molar-refractivity contribution in [3.63, 3.8) is 0 Å². The molecular formula is C142H96N4OS. The summed E-state index contributed by atoms with van der Waals surface area (Å²) >= 11 is 1.87. The van der Waals surface area contributed by atoms with Crippen molar-refractivity contribution in [1.82, 2.24) is 4.57 Å². The van der Waals surface area contributed by atoms with E-state index in [-0.39, 0.29) is 10.8 Å². The molecule has 0 bridgehead atoms. The van der Waals surface area contributed by atoms with E-state index in [0.29, 0.717) is 0 Å². The van der Waals surface area contributed by atoms with Gasteiger partial charge < -0.3 is 23.7 Å². The van der Waals surface area contributed by atoms with E-state index in [1.165, 1.54) is 191 Å². The number of aromatic nitrogens is 1. The average molecular weight is 1910 g/mol. The van der Waals surface area contributed by atoms with E-state index in [9.17, 15) is 0 Å². The van der Waals surface area contributed by atoms with Crippen LogP contribution in [0.1, 0.15) is 47.2 Å². The lowest BCUT2D eigenvalue weighted by atomic mass is 9.70. The number of thiophene rings is 1. The molecule has 148 heavy (non-hydrogen) atoms. The highest BCUT2D eigenvalue weighted by Gasteiger charge is 2.52. The fraction of sp³-hybridized carbons (Fsp3) is 0.0282. The minimum Gasteiger partial charge on any atom is -0.456 e. The zero-order chi connectivity index (χ0) is 98.1. The Hall–Kier alpha value is -18.7. The highest BCUT2D eigenvalue weighted by Crippen LogP contribution is 2.64. The molecule has 3 aromatic heterocycles. The Kier molecular flexibility index (Phi) is 21.0. The number of hydrogen-bond donors (Lipinski definition) is 0. The molecule has 0 amide bonds. The van der Waals surface area contributed by atoms with Crippen LogP contribution < -0.4 is 14.7 Å². The summed E-state index contributed by atoms with van der Waals surface area (Å²) in [5, 5.41) is 15.0. The van der Waals surface area contributed by atoms with Gasteiger partial charge in [-0.25, -0.2) is 0 Å². The van der Waals surface area contributed by atoms with E-state index in [0.717, 1.165) is 73.4 Å². The van der Waals surface area contributed by atoms with Crippen molar-refractivity contribution in [1.29, 1.82) is 0 Å². The van der Waals surface area contributed by atoms with Gasteiger partial charge in [-0.05, 0) is 313 Å². The first kappa shape index (κ1) is 87.1. The number of nitrogens with zero attached hydrogens (tertiary/aromatic N) is 4. The molecule has 3 aliphatic carbocycles. The summed E-state index contributed by atoms with van der Waals surface area (Å²) in [6, 6.07) is 199. The van der Waals surface area contributed by atoms with Crippen molar-refractivity contribution in [3.05, 3.63) is 579 Å². The quantitative estimate of drug-likeness (QED) is 0.108. The van der Waals surface area contributed by atoms with Gasteiger partial charge in [0.15, 0.2) is 0 Å². The van der Waals surface area contributed by atoms with Gasteiger partial charge in [-0.15, -0.1) is 11.3 Å². The van der Waals surface area contributed by atoms with Gasteiger partial charge in [-0.1, -0.05) is 390 Å². The first-order valence-corrected chi connectivity index (χ1v) is 51.9. The standard InChI is InChI=1S/C56H39N.C46H30N2S.C40H27NO/c1-55(2)48-23-10-6-19-43(48)46-31-29-41(35-53(46)55)57(39-16-4-3-5-17-39)40-18-14-15-36(34-40)37-27-30-42-38(33-37)28-32-52-54(42)47-22-9-13-26-51(47)56(52)49-24-11-7-20-44(49)45-21-8-12-25-50(45)56;1-3-13-34(14-4-1)47(37-25-26-43-41(30-37)38-18-7-9-20-42(38)48(43)35-15-5-2-6-16-35)36-17-11-12-32(28-36)33-23-22-31-24-27-45-46(40(31)29-33)39-19-8-10-21-44(39)49-45;1-3-10-28(11-4-1)29-18-22-32(23-19-29)41(31-12-5-2-6-13-31)33-24-20-30(21-25-33)34-15-9-16-36-35(34)26-27-39-40(36)37-14-7-8-17-38(37)42-39/h3-35H,1-2H3;1-30H;1-27H. The summed E-state index contributed by atoms with van der Waals surface area (Å²) in [4.78, 5) is 7.09. The third-order valence-corrected chi connectivity index (χ3v) is 32.2. The summed E-state index contributed by atoms with van der Waals surface area (Å²) in [6.45, 7) is 4.71. The van der Waals surface area contributed by atoms with Crippen molar-refractivity contribution in [2.75, 3.05) is 14.7 Å². The number of fused-ring (bicyclic) bond motifs is 28. The van der Waals surface area contributed by atoms with Crippen molar-refractivity contribution < 1.29 is 4.42 Å². The molecule has 0 radical (unpaired) electrons. The smallest absolute Gasteiger partial charge is 0.136 e. The molecule has 0 saturated carbocycles. The maximum atomic E-state index is 6.16. The second-order valence-corrected chi connectivity index (χ2v) is 40.7. The molecule has 5 nitrogen and oxygen atoms in total. The summed E-state index contributed by atoms with van der Waals surface area (Å²) < 4.78 is 11.2. The Bertz CT molecular complexity index is 9850. The first-order valence-electron chi connectivity index (χ1n) is 51.1. The van der Waals surface area contributed by atoms with Gasteiger partial charge in [0.2, 0.25) is 0 Å². The third-order valence-electron chi connectivity index (χ3n) is 31.1. The predicted molar refractivity (Wildman–Crippen MR) is 626 cm³/mol. The normalized spacial score (nSPS) is 12.6. The lowest BCUT2D eigenvalue weighted by molar-refractivity contribution is 0.660. The molecule has 6 heteroatoms. The van der Waals surface area contributed by atoms with Crippen LogP contribution in [0, 0.1) is 0 Å². The second kappa shape index (κ2) is 35.7. The van der Waals surface area contributed by atoms with Gasteiger partial charge in [-0.2, -0.15) is 0 Å². The zero-order valence-corrected chi connectivity index (χ0v) is 82.4. The van der Waals surface area contributed by atoms with Gasteiger partial charge in [0.25, 0.3) is 0 Å². The number of furan rings is 1. The summed E-state index contributed by atoms with van der Waals surface area (Å²) in [7, 11) is 0. The molecule has 0 N–H and O–H groups in total. The maximum Gasteiger partial charge on any atom is 0.136 e. The van der Waals surface area contributed by atoms with Gasteiger partial charge >= 0.3 is 0 Å². The monoisotopic (exact) mass is 1900 g/mol. The van der Waals surface area contributed by atoms with E-state index in [2.05, 4.69) is 567 Å². The molecule has 3 aliphatic rings. The van der Waals surface area contributed by atoms with Crippen molar-refractivity contribution >= 4 is 159 Å². The minimum absolute atomic E-state index is 0.0812. The SMILES string of the molecule is CC1(C)c2ccccc2-c2ccc(N(c3ccccc3)c3cccc(-c4ccc5c6c(ccc5c4)C4(c5ccccc5-c5ccccc54)c4ccccc4-6)c3)cc21.c1ccc(-c2ccc(N(c3ccccc3)c3ccc(-c4cccc5c4ccc4oc6ccccc6c45)cc3)cc2)cc1.c1ccc(N(c2cccc(-c3ccc4ccc5sc6ccccc6c5c4c3)c2)c2ccc3c(c2)c2ccccc2n3-c2ccccc2)cc1. The van der Waals surface area contributed by atoms with E-state index in [1.807, 2.05) is 23.5 Å². The second-order valence-electron chi connectivity index (χ2n) is 39.6. The minimum atomic E-state index is -0.337. The van der Waals surface area contributed by atoms with Crippen LogP contribution in [0.5, 0.6) is 0 Å². The Morgan fingerprint density at radius 1 is 0.203 bits per heavy atom. The van der Waals surface area contributed by atoms with Gasteiger partial charge in [0, 0.05) is 104 Å². The molecule has 24 aromatic carbocycles. The van der Waals surface area contributed by atoms with Gasteiger partial charge in [0.1, 0.15) is 11.2 Å². The van der Waals surface area contributed by atoms with Crippen LogP contribution in [-0.4, -0.2) is 4.57 Å². The van der Waals surface area contributed by atoms with Gasteiger partial charge in [0.05, 0.1) is 16.4 Å². The lowest BCUT2D eigenvalue weighted by Crippen LogP contribution is -2.25. The zero-order valence-electron chi connectivity index (χ0n) is 81.6. The Morgan fingerprint density at radius 3 is 1.30 bits per heavy atom. The predicted octanol–water partition coefficient (Wildman–Crippen LogP) is 39.6. The number of benzene rings is 24. The highest BCUT2D eigenvalue weighted by molar-refractivity contribution is 7.26. The average Bonchev–Trinajstić information content (AvgIpc) is 1.50. The van der Waals surface area contributed by atoms with Crippen molar-refractivity contribution in [2.24, 2.45) is 0 Å². The molecule has 3 heterocycles. The summed E-state index contributed by atoms with van der Waals surface area (Å²) in [6.07, 6.45) is 0. The molecular weight excluding hydrogens is 1810 g/mol. The fourth-order valence-corrected chi connectivity index (χ4v) is 25.5. The molecule has 0 unspecified atom stereocenters. The Balaban J connectivity index is 0.000000108. The maximum absolute atomic E-state index is 6.16. The van der Waals surface area contributed by atoms with Crippen LogP contribution in [0.25, 0.3) is 180 Å². The molecule has 696 valence electrons. The molecule has 0 aliphatic heterocycles. The van der Waals surface area contributed by atoms with Crippen LogP contribution >= 0.6 is 11.3 Å². The third kappa shape index (κ3) is 14.4. The molecule has 0 fully saturated rings. The topological polar surface area (TPSA) is 27.8 Å². The number of anilines is 9. The Labute approximate surface area is 863 Å². The first-order chi connectivity index (χ1) is 73.2. The van der Waals surface area contributed by atoms with Crippen LogP contribution in [0.15, 0.2) is 550 Å². The number of hydrogen-bond acceptors (Lipinski definition) is 5. The van der Waals surface area contributed by atoms with E-state index in [4.69, 9.17) is 4.42 Å². The van der Waals surface area contributed by atoms with E-state index >= 15 is 0 Å². The Morgan fingerprint density at radius 2 is 0.628 bits per heavy atom. The van der Waals surface area contributed by atoms with Crippen LogP contribution in [0.2, 0.25) is 0 Å². The van der Waals surface area contributed by atoms with Crippen molar-refractivity contribution in [3.8, 4) is 83.6 Å². The van der Waals surface area contributed by atoms with Crippen LogP contribution in [-0.2, 0) is 10.8 Å². The molecule has 0 atom stereocenters. The van der Waals surface area contributed by atoms with E-state index < -0.39 is 0 Å². The number of para-hydroxylation sites is 6. The molecule has 27 aromatic rings.